The second-order valence-electron chi connectivity index (χ2n) is 5.84. The minimum atomic E-state index is -0.645. The van der Waals surface area contributed by atoms with E-state index < -0.39 is 11.9 Å². The number of carbonyl (C=O) groups is 2. The number of benzene rings is 1. The number of aryl methyl sites for hydroxylation is 2. The van der Waals surface area contributed by atoms with Gasteiger partial charge in [0, 0.05) is 29.1 Å². The normalized spacial score (nSPS) is 11.8. The van der Waals surface area contributed by atoms with Crippen LogP contribution in [0.4, 0.5) is 0 Å². The molecule has 0 fully saturated rings. The third-order valence-corrected chi connectivity index (χ3v) is 4.13. The van der Waals surface area contributed by atoms with Crippen LogP contribution in [0.3, 0.4) is 0 Å². The maximum atomic E-state index is 12.7. The standard InChI is InChI=1S/C19H23N3O2/c1-5-22(14(4)18(20)23)19(24)16-8-6-7-15(11-16)17-10-9-12(2)21-13(17)3/h6-11,14H,5H2,1-4H3,(H2,20,23)/t14-/m0/s1. The van der Waals surface area contributed by atoms with Crippen LogP contribution < -0.4 is 5.73 Å². The van der Waals surface area contributed by atoms with Crippen molar-refractivity contribution in [2.45, 2.75) is 33.7 Å². The van der Waals surface area contributed by atoms with E-state index in [1.807, 2.05) is 51.1 Å². The van der Waals surface area contributed by atoms with Gasteiger partial charge < -0.3 is 10.6 Å². The summed E-state index contributed by atoms with van der Waals surface area (Å²) in [7, 11) is 0. The highest BCUT2D eigenvalue weighted by molar-refractivity contribution is 5.98. The Morgan fingerprint density at radius 3 is 2.50 bits per heavy atom. The highest BCUT2D eigenvalue weighted by Gasteiger charge is 2.23. The summed E-state index contributed by atoms with van der Waals surface area (Å²) in [5, 5.41) is 0. The summed E-state index contributed by atoms with van der Waals surface area (Å²) in [6.07, 6.45) is 0. The molecule has 2 aromatic rings. The second-order valence-corrected chi connectivity index (χ2v) is 5.84. The Labute approximate surface area is 142 Å². The van der Waals surface area contributed by atoms with Crippen LogP contribution in [0.2, 0.25) is 0 Å². The maximum Gasteiger partial charge on any atom is 0.254 e. The molecular weight excluding hydrogens is 302 g/mol. The van der Waals surface area contributed by atoms with Crippen LogP contribution in [0.15, 0.2) is 36.4 Å². The lowest BCUT2D eigenvalue weighted by Gasteiger charge is -2.26. The fourth-order valence-corrected chi connectivity index (χ4v) is 2.72. The van der Waals surface area contributed by atoms with E-state index in [4.69, 9.17) is 5.73 Å². The average molecular weight is 325 g/mol. The highest BCUT2D eigenvalue weighted by Crippen LogP contribution is 2.24. The Kier molecular flexibility index (Phi) is 5.34. The van der Waals surface area contributed by atoms with Gasteiger partial charge >= 0.3 is 0 Å². The van der Waals surface area contributed by atoms with E-state index in [9.17, 15) is 9.59 Å². The number of likely N-dealkylation sites (N-methyl/N-ethyl adjacent to an activating group) is 1. The summed E-state index contributed by atoms with van der Waals surface area (Å²) >= 11 is 0. The van der Waals surface area contributed by atoms with Crippen LogP contribution in [0, 0.1) is 13.8 Å². The summed E-state index contributed by atoms with van der Waals surface area (Å²) in [5.74, 6) is -0.719. The number of nitrogens with zero attached hydrogens (tertiary/aromatic N) is 2. The molecule has 0 spiro atoms. The summed E-state index contributed by atoms with van der Waals surface area (Å²) in [5.41, 5.74) is 9.65. The predicted octanol–water partition coefficient (Wildman–Crippen LogP) is 2.70. The Morgan fingerprint density at radius 2 is 1.92 bits per heavy atom. The number of hydrogen-bond acceptors (Lipinski definition) is 3. The predicted molar refractivity (Wildman–Crippen MR) is 94.5 cm³/mol. The third-order valence-electron chi connectivity index (χ3n) is 4.13. The number of rotatable bonds is 5. The number of carbonyl (C=O) groups excluding carboxylic acids is 2. The summed E-state index contributed by atoms with van der Waals surface area (Å²) < 4.78 is 0. The van der Waals surface area contributed by atoms with Gasteiger partial charge in [0.05, 0.1) is 0 Å². The van der Waals surface area contributed by atoms with Crippen molar-refractivity contribution in [1.29, 1.82) is 0 Å². The van der Waals surface area contributed by atoms with Crippen molar-refractivity contribution < 1.29 is 9.59 Å². The van der Waals surface area contributed by atoms with E-state index in [-0.39, 0.29) is 5.91 Å². The molecule has 2 N–H and O–H groups in total. The van der Waals surface area contributed by atoms with E-state index in [2.05, 4.69) is 4.98 Å². The summed E-state index contributed by atoms with van der Waals surface area (Å²) in [6, 6.07) is 10.7. The molecule has 0 saturated heterocycles. The number of primary amides is 1. The van der Waals surface area contributed by atoms with E-state index in [1.54, 1.807) is 13.0 Å². The van der Waals surface area contributed by atoms with Gasteiger partial charge in [0.1, 0.15) is 6.04 Å². The summed E-state index contributed by atoms with van der Waals surface area (Å²) in [6.45, 7) is 7.78. The Balaban J connectivity index is 2.39. The molecule has 0 aliphatic carbocycles. The number of amides is 2. The molecule has 5 nitrogen and oxygen atoms in total. The van der Waals surface area contributed by atoms with Gasteiger partial charge in [-0.15, -0.1) is 0 Å². The molecule has 126 valence electrons. The minimum Gasteiger partial charge on any atom is -0.368 e. The van der Waals surface area contributed by atoms with Crippen molar-refractivity contribution in [3.8, 4) is 11.1 Å². The monoisotopic (exact) mass is 325 g/mol. The quantitative estimate of drug-likeness (QED) is 0.918. The van der Waals surface area contributed by atoms with Crippen molar-refractivity contribution >= 4 is 11.8 Å². The van der Waals surface area contributed by atoms with Crippen LogP contribution >= 0.6 is 0 Å². The SMILES string of the molecule is CCN(C(=O)c1cccc(-c2ccc(C)nc2C)c1)[C@@H](C)C(N)=O. The number of nitrogens with two attached hydrogens (primary N) is 1. The molecule has 2 amide bonds. The molecule has 1 heterocycles. The molecule has 5 heteroatoms. The van der Waals surface area contributed by atoms with Gasteiger partial charge in [-0.2, -0.15) is 0 Å². The van der Waals surface area contributed by atoms with E-state index >= 15 is 0 Å². The smallest absolute Gasteiger partial charge is 0.254 e. The van der Waals surface area contributed by atoms with Crippen LogP contribution in [0.5, 0.6) is 0 Å². The van der Waals surface area contributed by atoms with Gasteiger partial charge in [-0.25, -0.2) is 0 Å². The van der Waals surface area contributed by atoms with Gasteiger partial charge in [-0.05, 0) is 51.5 Å². The van der Waals surface area contributed by atoms with Gasteiger partial charge in [-0.3, -0.25) is 14.6 Å². The van der Waals surface area contributed by atoms with Gasteiger partial charge in [0.15, 0.2) is 0 Å². The molecular formula is C19H23N3O2. The van der Waals surface area contributed by atoms with Crippen molar-refractivity contribution in [2.24, 2.45) is 5.73 Å². The Hall–Kier alpha value is -2.69. The number of hydrogen-bond donors (Lipinski definition) is 1. The van der Waals surface area contributed by atoms with Crippen LogP contribution in [0.25, 0.3) is 11.1 Å². The second kappa shape index (κ2) is 7.25. The van der Waals surface area contributed by atoms with E-state index in [0.29, 0.717) is 12.1 Å². The van der Waals surface area contributed by atoms with Crippen molar-refractivity contribution in [1.82, 2.24) is 9.88 Å². The molecule has 0 saturated carbocycles. The fourth-order valence-electron chi connectivity index (χ4n) is 2.72. The van der Waals surface area contributed by atoms with Crippen molar-refractivity contribution in [3.63, 3.8) is 0 Å². The zero-order valence-corrected chi connectivity index (χ0v) is 14.5. The highest BCUT2D eigenvalue weighted by atomic mass is 16.2. The zero-order chi connectivity index (χ0) is 17.9. The first-order valence-electron chi connectivity index (χ1n) is 8.00. The molecule has 24 heavy (non-hydrogen) atoms. The minimum absolute atomic E-state index is 0.205. The van der Waals surface area contributed by atoms with Crippen LogP contribution in [-0.4, -0.2) is 34.3 Å². The first-order valence-corrected chi connectivity index (χ1v) is 8.00. The first-order chi connectivity index (χ1) is 11.3. The molecule has 0 unspecified atom stereocenters. The number of aromatic nitrogens is 1. The fraction of sp³-hybridized carbons (Fsp3) is 0.316. The third kappa shape index (κ3) is 3.62. The lowest BCUT2D eigenvalue weighted by Crippen LogP contribution is -2.46. The van der Waals surface area contributed by atoms with E-state index in [0.717, 1.165) is 22.5 Å². The van der Waals surface area contributed by atoms with Gasteiger partial charge in [0.25, 0.3) is 5.91 Å². The topological polar surface area (TPSA) is 76.3 Å². The Morgan fingerprint density at radius 1 is 1.21 bits per heavy atom. The molecule has 2 rings (SSSR count). The first kappa shape index (κ1) is 17.7. The molecule has 1 aromatic carbocycles. The Bertz CT molecular complexity index is 771. The van der Waals surface area contributed by atoms with Gasteiger partial charge in [-0.1, -0.05) is 18.2 Å². The maximum absolute atomic E-state index is 12.7. The largest absolute Gasteiger partial charge is 0.368 e. The lowest BCUT2D eigenvalue weighted by molar-refractivity contribution is -0.121. The average Bonchev–Trinajstić information content (AvgIpc) is 2.55. The zero-order valence-electron chi connectivity index (χ0n) is 14.5. The van der Waals surface area contributed by atoms with Crippen LogP contribution in [0.1, 0.15) is 35.6 Å². The van der Waals surface area contributed by atoms with Crippen molar-refractivity contribution in [2.75, 3.05) is 6.54 Å². The van der Waals surface area contributed by atoms with Gasteiger partial charge in [0.2, 0.25) is 5.91 Å². The van der Waals surface area contributed by atoms with Crippen LogP contribution in [-0.2, 0) is 4.79 Å². The number of pyridine rings is 1. The molecule has 1 atom stereocenters. The molecule has 0 aliphatic rings. The molecule has 1 aromatic heterocycles. The molecule has 0 aliphatic heterocycles. The summed E-state index contributed by atoms with van der Waals surface area (Å²) in [4.78, 5) is 30.1. The lowest BCUT2D eigenvalue weighted by atomic mass is 10.0. The van der Waals surface area contributed by atoms with Crippen molar-refractivity contribution in [3.05, 3.63) is 53.3 Å². The van der Waals surface area contributed by atoms with E-state index in [1.165, 1.54) is 4.90 Å². The molecule has 0 bridgehead atoms. The molecule has 0 radical (unpaired) electrons.